The van der Waals surface area contributed by atoms with Crippen LogP contribution in [0.15, 0.2) is 24.3 Å². The minimum Gasteiger partial charge on any atom is -0.497 e. The number of hydrogen-bond donors (Lipinski definition) is 0. The van der Waals surface area contributed by atoms with E-state index < -0.39 is 0 Å². The van der Waals surface area contributed by atoms with Crippen molar-refractivity contribution in [2.45, 2.75) is 32.6 Å². The van der Waals surface area contributed by atoms with Gasteiger partial charge in [0.05, 0.1) is 18.5 Å². The highest BCUT2D eigenvalue weighted by Gasteiger charge is 2.21. The molecule has 2 rings (SSSR count). The third kappa shape index (κ3) is 2.50. The van der Waals surface area contributed by atoms with Crippen LogP contribution in [0.2, 0.25) is 0 Å². The predicted octanol–water partition coefficient (Wildman–Crippen LogP) is 3.05. The average Bonchev–Trinajstić information content (AvgIpc) is 2.92. The third-order valence-corrected chi connectivity index (χ3v) is 3.50. The number of nitrogens with zero attached hydrogens (tertiary/aromatic N) is 4. The van der Waals surface area contributed by atoms with E-state index in [1.807, 2.05) is 24.3 Å². The molecule has 0 bridgehead atoms. The molecule has 0 atom stereocenters. The van der Waals surface area contributed by atoms with Crippen LogP contribution in [0, 0.1) is 11.3 Å². The van der Waals surface area contributed by atoms with Crippen LogP contribution in [0.4, 0.5) is 0 Å². The monoisotopic (exact) mass is 270 g/mol. The maximum Gasteiger partial charge on any atom is 0.186 e. The van der Waals surface area contributed by atoms with E-state index in [9.17, 15) is 5.26 Å². The van der Waals surface area contributed by atoms with Crippen molar-refractivity contribution in [2.24, 2.45) is 0 Å². The minimum atomic E-state index is 0.279. The SMILES string of the molecule is CCC(CC)c1c(C#N)nnn1-c1ccc(OC)cc1. The Labute approximate surface area is 118 Å². The smallest absolute Gasteiger partial charge is 0.186 e. The molecule has 5 nitrogen and oxygen atoms in total. The van der Waals surface area contributed by atoms with Gasteiger partial charge in [-0.25, -0.2) is 4.68 Å². The van der Waals surface area contributed by atoms with Gasteiger partial charge in [0, 0.05) is 5.92 Å². The number of nitriles is 1. The second-order valence-electron chi connectivity index (χ2n) is 4.56. The van der Waals surface area contributed by atoms with Gasteiger partial charge >= 0.3 is 0 Å². The molecule has 0 fully saturated rings. The maximum absolute atomic E-state index is 9.21. The van der Waals surface area contributed by atoms with Gasteiger partial charge in [-0.05, 0) is 37.1 Å². The Morgan fingerprint density at radius 1 is 1.25 bits per heavy atom. The lowest BCUT2D eigenvalue weighted by Gasteiger charge is -2.14. The molecule has 1 aromatic carbocycles. The molecule has 0 N–H and O–H groups in total. The van der Waals surface area contributed by atoms with E-state index >= 15 is 0 Å². The van der Waals surface area contributed by atoms with Gasteiger partial charge < -0.3 is 4.74 Å². The topological polar surface area (TPSA) is 63.7 Å². The molecule has 0 radical (unpaired) electrons. The molecule has 0 saturated heterocycles. The Kier molecular flexibility index (Phi) is 4.36. The molecule has 0 aliphatic heterocycles. The summed E-state index contributed by atoms with van der Waals surface area (Å²) in [6.45, 7) is 4.22. The van der Waals surface area contributed by atoms with Gasteiger partial charge in [0.1, 0.15) is 11.8 Å². The number of ether oxygens (including phenoxy) is 1. The van der Waals surface area contributed by atoms with Crippen molar-refractivity contribution in [3.63, 3.8) is 0 Å². The summed E-state index contributed by atoms with van der Waals surface area (Å²) in [5, 5.41) is 17.3. The lowest BCUT2D eigenvalue weighted by molar-refractivity contribution is 0.414. The Morgan fingerprint density at radius 3 is 2.40 bits per heavy atom. The van der Waals surface area contributed by atoms with Gasteiger partial charge in [0.25, 0.3) is 0 Å². The Hall–Kier alpha value is -2.35. The minimum absolute atomic E-state index is 0.279. The van der Waals surface area contributed by atoms with Crippen molar-refractivity contribution in [2.75, 3.05) is 7.11 Å². The molecule has 0 saturated carbocycles. The maximum atomic E-state index is 9.21. The number of hydrogen-bond acceptors (Lipinski definition) is 4. The van der Waals surface area contributed by atoms with Crippen molar-refractivity contribution in [1.29, 1.82) is 5.26 Å². The van der Waals surface area contributed by atoms with Gasteiger partial charge in [-0.1, -0.05) is 19.1 Å². The lowest BCUT2D eigenvalue weighted by atomic mass is 9.97. The first-order valence-corrected chi connectivity index (χ1v) is 6.75. The molecule has 0 spiro atoms. The second kappa shape index (κ2) is 6.20. The molecule has 5 heteroatoms. The van der Waals surface area contributed by atoms with E-state index in [1.54, 1.807) is 11.8 Å². The third-order valence-electron chi connectivity index (χ3n) is 3.50. The number of methoxy groups -OCH3 is 1. The zero-order valence-electron chi connectivity index (χ0n) is 12.0. The van der Waals surface area contributed by atoms with Crippen LogP contribution < -0.4 is 4.74 Å². The fourth-order valence-corrected chi connectivity index (χ4v) is 2.32. The summed E-state index contributed by atoms with van der Waals surface area (Å²) >= 11 is 0. The highest BCUT2D eigenvalue weighted by molar-refractivity contribution is 5.41. The van der Waals surface area contributed by atoms with Gasteiger partial charge in [0.15, 0.2) is 5.69 Å². The van der Waals surface area contributed by atoms with Crippen molar-refractivity contribution in [3.8, 4) is 17.5 Å². The van der Waals surface area contributed by atoms with E-state index in [1.165, 1.54) is 0 Å². The van der Waals surface area contributed by atoms with Crippen molar-refractivity contribution < 1.29 is 4.74 Å². The first-order valence-electron chi connectivity index (χ1n) is 6.75. The molecule has 1 heterocycles. The highest BCUT2D eigenvalue weighted by atomic mass is 16.5. The number of aromatic nitrogens is 3. The van der Waals surface area contributed by atoms with E-state index in [0.717, 1.165) is 30.0 Å². The highest BCUT2D eigenvalue weighted by Crippen LogP contribution is 2.27. The van der Waals surface area contributed by atoms with Crippen LogP contribution in [0.25, 0.3) is 5.69 Å². The van der Waals surface area contributed by atoms with Crippen molar-refractivity contribution in [3.05, 3.63) is 35.7 Å². The van der Waals surface area contributed by atoms with Gasteiger partial charge in [-0.2, -0.15) is 5.26 Å². The van der Waals surface area contributed by atoms with Gasteiger partial charge in [-0.15, -0.1) is 5.10 Å². The van der Waals surface area contributed by atoms with Gasteiger partial charge in [-0.3, -0.25) is 0 Å². The molecular formula is C15H18N4O. The molecule has 2 aromatic rings. The van der Waals surface area contributed by atoms with Crippen LogP contribution in [0.5, 0.6) is 5.75 Å². The normalized spacial score (nSPS) is 10.6. The molecule has 0 unspecified atom stereocenters. The van der Waals surface area contributed by atoms with Crippen LogP contribution in [0.1, 0.15) is 44.0 Å². The molecule has 0 aliphatic carbocycles. The second-order valence-corrected chi connectivity index (χ2v) is 4.56. The molecule has 1 aromatic heterocycles. The number of benzene rings is 1. The predicted molar refractivity (Wildman–Crippen MR) is 75.9 cm³/mol. The Morgan fingerprint density at radius 2 is 1.90 bits per heavy atom. The van der Waals surface area contributed by atoms with Crippen LogP contribution in [-0.4, -0.2) is 22.1 Å². The summed E-state index contributed by atoms with van der Waals surface area (Å²) < 4.78 is 6.91. The van der Waals surface area contributed by atoms with E-state index in [-0.39, 0.29) is 5.92 Å². The Balaban J connectivity index is 2.50. The molecule has 20 heavy (non-hydrogen) atoms. The summed E-state index contributed by atoms with van der Waals surface area (Å²) in [6.07, 6.45) is 1.91. The van der Waals surface area contributed by atoms with E-state index in [2.05, 4.69) is 30.2 Å². The lowest BCUT2D eigenvalue weighted by Crippen LogP contribution is -2.08. The molecular weight excluding hydrogens is 252 g/mol. The zero-order valence-corrected chi connectivity index (χ0v) is 12.0. The number of rotatable bonds is 5. The fraction of sp³-hybridized carbons (Fsp3) is 0.400. The summed E-state index contributed by atoms with van der Waals surface area (Å²) in [7, 11) is 1.63. The van der Waals surface area contributed by atoms with Crippen LogP contribution in [0.3, 0.4) is 0 Å². The first-order chi connectivity index (χ1) is 9.74. The largest absolute Gasteiger partial charge is 0.497 e. The van der Waals surface area contributed by atoms with Crippen molar-refractivity contribution >= 4 is 0 Å². The van der Waals surface area contributed by atoms with Crippen LogP contribution in [-0.2, 0) is 0 Å². The van der Waals surface area contributed by atoms with Crippen LogP contribution >= 0.6 is 0 Å². The first kappa shape index (κ1) is 14.1. The summed E-state index contributed by atoms with van der Waals surface area (Å²) in [4.78, 5) is 0. The summed E-state index contributed by atoms with van der Waals surface area (Å²) in [5.74, 6) is 1.07. The molecule has 104 valence electrons. The summed E-state index contributed by atoms with van der Waals surface area (Å²) in [6, 6.07) is 9.72. The summed E-state index contributed by atoms with van der Waals surface area (Å²) in [5.41, 5.74) is 2.19. The standard InChI is InChI=1S/C15H18N4O/c1-4-11(5-2)15-14(10-16)17-18-19(15)12-6-8-13(20-3)9-7-12/h6-9,11H,4-5H2,1-3H3. The molecule has 0 aliphatic rings. The fourth-order valence-electron chi connectivity index (χ4n) is 2.32. The average molecular weight is 270 g/mol. The quantitative estimate of drug-likeness (QED) is 0.837. The molecule has 0 amide bonds. The zero-order chi connectivity index (χ0) is 14.5. The van der Waals surface area contributed by atoms with Gasteiger partial charge in [0.2, 0.25) is 0 Å². The van der Waals surface area contributed by atoms with E-state index in [4.69, 9.17) is 4.74 Å². The Bertz CT molecular complexity index is 606. The van der Waals surface area contributed by atoms with E-state index in [0.29, 0.717) is 5.69 Å². The van der Waals surface area contributed by atoms with Crippen molar-refractivity contribution in [1.82, 2.24) is 15.0 Å².